The van der Waals surface area contributed by atoms with Crippen molar-refractivity contribution in [1.82, 2.24) is 4.90 Å². The average molecular weight is 254 g/mol. The lowest BCUT2D eigenvalue weighted by Crippen LogP contribution is -2.49. The Morgan fingerprint density at radius 2 is 1.89 bits per heavy atom. The molecule has 0 bridgehead atoms. The Kier molecular flexibility index (Phi) is 4.28. The number of nitrogens with zero attached hydrogens (tertiary/aromatic N) is 1. The predicted octanol–water partition coefficient (Wildman–Crippen LogP) is 1.41. The molecular weight excluding hydrogens is 228 g/mol. The SMILES string of the molecule is CN(C(=O)CC1(N)CCCC1)C1CCCCC1O. The van der Waals surface area contributed by atoms with Crippen molar-refractivity contribution in [2.24, 2.45) is 5.73 Å². The van der Waals surface area contributed by atoms with Crippen molar-refractivity contribution in [2.45, 2.75) is 75.5 Å². The number of aliphatic hydroxyl groups is 1. The summed E-state index contributed by atoms with van der Waals surface area (Å²) in [5.74, 6) is 0.102. The summed E-state index contributed by atoms with van der Waals surface area (Å²) in [4.78, 5) is 14.0. The van der Waals surface area contributed by atoms with Crippen molar-refractivity contribution < 1.29 is 9.90 Å². The molecule has 2 saturated carbocycles. The number of hydrogen-bond acceptors (Lipinski definition) is 3. The van der Waals surface area contributed by atoms with Crippen LogP contribution in [0.1, 0.15) is 57.8 Å². The van der Waals surface area contributed by atoms with Crippen molar-refractivity contribution >= 4 is 5.91 Å². The molecule has 2 aliphatic carbocycles. The number of carbonyl (C=O) groups excluding carboxylic acids is 1. The number of carbonyl (C=O) groups is 1. The van der Waals surface area contributed by atoms with Crippen LogP contribution in [0, 0.1) is 0 Å². The monoisotopic (exact) mass is 254 g/mol. The van der Waals surface area contributed by atoms with E-state index in [2.05, 4.69) is 0 Å². The van der Waals surface area contributed by atoms with Crippen LogP contribution in [0.25, 0.3) is 0 Å². The van der Waals surface area contributed by atoms with E-state index in [1.807, 2.05) is 7.05 Å². The van der Waals surface area contributed by atoms with E-state index in [1.165, 1.54) is 0 Å². The molecular formula is C14H26N2O2. The highest BCUT2D eigenvalue weighted by atomic mass is 16.3. The number of aliphatic hydroxyl groups excluding tert-OH is 1. The summed E-state index contributed by atoms with van der Waals surface area (Å²) in [6.45, 7) is 0. The van der Waals surface area contributed by atoms with Gasteiger partial charge in [0.25, 0.3) is 0 Å². The van der Waals surface area contributed by atoms with E-state index in [-0.39, 0.29) is 23.6 Å². The van der Waals surface area contributed by atoms with E-state index in [0.717, 1.165) is 51.4 Å². The Hall–Kier alpha value is -0.610. The quantitative estimate of drug-likeness (QED) is 0.800. The first-order valence-corrected chi connectivity index (χ1v) is 7.24. The molecule has 2 unspecified atom stereocenters. The Morgan fingerprint density at radius 1 is 1.28 bits per heavy atom. The Balaban J connectivity index is 1.91. The normalized spacial score (nSPS) is 31.3. The predicted molar refractivity (Wildman–Crippen MR) is 71.0 cm³/mol. The van der Waals surface area contributed by atoms with Crippen molar-refractivity contribution in [3.05, 3.63) is 0 Å². The molecule has 0 radical (unpaired) electrons. The maximum absolute atomic E-state index is 12.3. The lowest BCUT2D eigenvalue weighted by atomic mass is 9.89. The fourth-order valence-electron chi connectivity index (χ4n) is 3.41. The molecule has 4 nitrogen and oxygen atoms in total. The van der Waals surface area contributed by atoms with E-state index < -0.39 is 0 Å². The van der Waals surface area contributed by atoms with E-state index in [1.54, 1.807) is 4.90 Å². The lowest BCUT2D eigenvalue weighted by molar-refractivity contribution is -0.136. The lowest BCUT2D eigenvalue weighted by Gasteiger charge is -2.36. The summed E-state index contributed by atoms with van der Waals surface area (Å²) in [7, 11) is 1.82. The van der Waals surface area contributed by atoms with Crippen molar-refractivity contribution in [1.29, 1.82) is 0 Å². The Bertz CT molecular complexity index is 300. The zero-order valence-electron chi connectivity index (χ0n) is 11.4. The molecule has 0 aromatic rings. The van der Waals surface area contributed by atoms with E-state index >= 15 is 0 Å². The minimum Gasteiger partial charge on any atom is -0.391 e. The van der Waals surface area contributed by atoms with Gasteiger partial charge in [-0.25, -0.2) is 0 Å². The van der Waals surface area contributed by atoms with Crippen LogP contribution in [-0.2, 0) is 4.79 Å². The molecule has 0 aromatic carbocycles. The first-order valence-electron chi connectivity index (χ1n) is 7.24. The molecule has 0 spiro atoms. The molecule has 2 aliphatic rings. The van der Waals surface area contributed by atoms with Crippen molar-refractivity contribution in [2.75, 3.05) is 7.05 Å². The highest BCUT2D eigenvalue weighted by molar-refractivity contribution is 5.77. The van der Waals surface area contributed by atoms with Gasteiger partial charge in [0.15, 0.2) is 0 Å². The zero-order valence-corrected chi connectivity index (χ0v) is 11.4. The number of rotatable bonds is 3. The third-order valence-corrected chi connectivity index (χ3v) is 4.69. The molecule has 0 heterocycles. The second kappa shape index (κ2) is 5.57. The van der Waals surface area contributed by atoms with Crippen LogP contribution >= 0.6 is 0 Å². The number of amides is 1. The van der Waals surface area contributed by atoms with E-state index in [4.69, 9.17) is 5.73 Å². The van der Waals surface area contributed by atoms with Gasteiger partial charge in [0.2, 0.25) is 5.91 Å². The van der Waals surface area contributed by atoms with Crippen LogP contribution in [0.2, 0.25) is 0 Å². The van der Waals surface area contributed by atoms with Gasteiger partial charge in [-0.1, -0.05) is 25.7 Å². The summed E-state index contributed by atoms with van der Waals surface area (Å²) in [5.41, 5.74) is 5.97. The van der Waals surface area contributed by atoms with Crippen molar-refractivity contribution in [3.63, 3.8) is 0 Å². The molecule has 0 saturated heterocycles. The van der Waals surface area contributed by atoms with Gasteiger partial charge in [-0.2, -0.15) is 0 Å². The summed E-state index contributed by atoms with van der Waals surface area (Å²) in [6.07, 6.45) is 8.18. The van der Waals surface area contributed by atoms with Crippen LogP contribution in [0.4, 0.5) is 0 Å². The molecule has 0 aliphatic heterocycles. The first kappa shape index (κ1) is 13.8. The second-order valence-electron chi connectivity index (χ2n) is 6.17. The molecule has 2 fully saturated rings. The smallest absolute Gasteiger partial charge is 0.224 e. The van der Waals surface area contributed by atoms with Gasteiger partial charge in [0, 0.05) is 19.0 Å². The molecule has 1 amide bonds. The number of nitrogens with two attached hydrogens (primary N) is 1. The van der Waals surface area contributed by atoms with E-state index in [0.29, 0.717) is 6.42 Å². The van der Waals surface area contributed by atoms with Crippen LogP contribution < -0.4 is 5.73 Å². The molecule has 2 rings (SSSR count). The van der Waals surface area contributed by atoms with Crippen LogP contribution in [0.15, 0.2) is 0 Å². The minimum atomic E-state index is -0.356. The largest absolute Gasteiger partial charge is 0.391 e. The van der Waals surface area contributed by atoms with Crippen LogP contribution in [-0.4, -0.2) is 40.6 Å². The van der Waals surface area contributed by atoms with Gasteiger partial charge >= 0.3 is 0 Å². The van der Waals surface area contributed by atoms with Gasteiger partial charge < -0.3 is 15.7 Å². The second-order valence-corrected chi connectivity index (χ2v) is 6.17. The molecule has 0 aromatic heterocycles. The topological polar surface area (TPSA) is 66.6 Å². The summed E-state index contributed by atoms with van der Waals surface area (Å²) in [6, 6.07) is -0.00347. The fourth-order valence-corrected chi connectivity index (χ4v) is 3.41. The van der Waals surface area contributed by atoms with Gasteiger partial charge in [0.05, 0.1) is 12.1 Å². The highest BCUT2D eigenvalue weighted by Gasteiger charge is 2.35. The van der Waals surface area contributed by atoms with Crippen molar-refractivity contribution in [3.8, 4) is 0 Å². The van der Waals surface area contributed by atoms with Gasteiger partial charge in [-0.05, 0) is 25.7 Å². The van der Waals surface area contributed by atoms with Gasteiger partial charge in [0.1, 0.15) is 0 Å². The maximum atomic E-state index is 12.3. The van der Waals surface area contributed by atoms with Crippen LogP contribution in [0.5, 0.6) is 0 Å². The molecule has 18 heavy (non-hydrogen) atoms. The first-order chi connectivity index (χ1) is 8.52. The summed E-state index contributed by atoms with van der Waals surface area (Å²) in [5, 5.41) is 9.99. The van der Waals surface area contributed by atoms with Gasteiger partial charge in [-0.3, -0.25) is 4.79 Å². The molecule has 104 valence electrons. The zero-order chi connectivity index (χ0) is 13.2. The Labute approximate surface area is 110 Å². The summed E-state index contributed by atoms with van der Waals surface area (Å²) < 4.78 is 0. The van der Waals surface area contributed by atoms with Gasteiger partial charge in [-0.15, -0.1) is 0 Å². The fraction of sp³-hybridized carbons (Fsp3) is 0.929. The van der Waals surface area contributed by atoms with Crippen LogP contribution in [0.3, 0.4) is 0 Å². The highest BCUT2D eigenvalue weighted by Crippen LogP contribution is 2.31. The third-order valence-electron chi connectivity index (χ3n) is 4.69. The Morgan fingerprint density at radius 3 is 2.50 bits per heavy atom. The minimum absolute atomic E-state index is 0.00347. The molecule has 3 N–H and O–H groups in total. The molecule has 4 heteroatoms. The molecule has 2 atom stereocenters. The maximum Gasteiger partial charge on any atom is 0.224 e. The average Bonchev–Trinajstić information content (AvgIpc) is 2.75. The standard InChI is InChI=1S/C14H26N2O2/c1-16(11-6-2-3-7-12(11)17)13(18)10-14(15)8-4-5-9-14/h11-12,17H,2-10,15H2,1H3. The number of hydrogen-bond donors (Lipinski definition) is 2. The third kappa shape index (κ3) is 3.04. The number of likely N-dealkylation sites (N-methyl/N-ethyl adjacent to an activating group) is 1. The van der Waals surface area contributed by atoms with E-state index in [9.17, 15) is 9.90 Å². The summed E-state index contributed by atoms with van der Waals surface area (Å²) >= 11 is 0.